The lowest BCUT2D eigenvalue weighted by Gasteiger charge is -2.45. The summed E-state index contributed by atoms with van der Waals surface area (Å²) in [6, 6.07) is 18.8. The van der Waals surface area contributed by atoms with Crippen LogP contribution in [0.25, 0.3) is 0 Å². The molecule has 0 aromatic carbocycles. The summed E-state index contributed by atoms with van der Waals surface area (Å²) in [5.41, 5.74) is 0. The first-order valence-corrected chi connectivity index (χ1v) is 15.8. The quantitative estimate of drug-likeness (QED) is 0.253. The predicted molar refractivity (Wildman–Crippen MR) is 181 cm³/mol. The van der Waals surface area contributed by atoms with Crippen LogP contribution in [-0.4, -0.2) is 168 Å². The highest BCUT2D eigenvalue weighted by Crippen LogP contribution is 2.16. The van der Waals surface area contributed by atoms with Gasteiger partial charge in [-0.05, 0) is 20.8 Å². The zero-order valence-corrected chi connectivity index (χ0v) is 29.0. The second kappa shape index (κ2) is 26.8. The zero-order chi connectivity index (χ0) is 37.3. The SMILES string of the molecule is C.CC1N(CC#N)CN(CC#N)CN1CC#N.CC1N(CC#N)CN(CC#N)CN1CC#N.CCOC1N(CC#N)CN(CC#N)CN1CC#N. The number of ether oxygens (including phenoxy) is 1. The normalized spacial score (nSPS) is 19.2. The smallest absolute Gasteiger partial charge is 0.172 e. The monoisotopic (exact) mass is 700 g/mol. The molecule has 19 nitrogen and oxygen atoms in total. The van der Waals surface area contributed by atoms with Crippen LogP contribution in [0.4, 0.5) is 0 Å². The van der Waals surface area contributed by atoms with E-state index < -0.39 is 0 Å². The summed E-state index contributed by atoms with van der Waals surface area (Å²) >= 11 is 0. The van der Waals surface area contributed by atoms with Gasteiger partial charge in [-0.25, -0.2) is 9.80 Å². The third-order valence-corrected chi connectivity index (χ3v) is 7.87. The fourth-order valence-electron chi connectivity index (χ4n) is 5.47. The average Bonchev–Trinajstić information content (AvgIpc) is 3.08. The molecule has 3 saturated heterocycles. The molecular formula is C32H48N18O. The van der Waals surface area contributed by atoms with Crippen molar-refractivity contribution in [3.05, 3.63) is 0 Å². The number of rotatable bonds is 11. The molecule has 3 aliphatic heterocycles. The van der Waals surface area contributed by atoms with E-state index in [1.807, 2.05) is 64.9 Å². The molecule has 3 fully saturated rings. The summed E-state index contributed by atoms with van der Waals surface area (Å²) in [6.45, 7) is 12.3. The maximum atomic E-state index is 8.82. The molecule has 3 heterocycles. The van der Waals surface area contributed by atoms with Crippen LogP contribution >= 0.6 is 0 Å². The predicted octanol–water partition coefficient (Wildman–Crippen LogP) is -0.177. The van der Waals surface area contributed by atoms with E-state index in [9.17, 15) is 0 Å². The average molecular weight is 701 g/mol. The topological polar surface area (TPSA) is 252 Å². The molecule has 272 valence electrons. The molecule has 51 heavy (non-hydrogen) atoms. The van der Waals surface area contributed by atoms with E-state index in [-0.39, 0.29) is 45.7 Å². The molecule has 0 unspecified atom stereocenters. The van der Waals surface area contributed by atoms with Gasteiger partial charge in [0.05, 0.1) is 166 Å². The number of hydrogen-bond acceptors (Lipinski definition) is 19. The van der Waals surface area contributed by atoms with Crippen molar-refractivity contribution in [2.24, 2.45) is 0 Å². The standard InChI is InChI=1S/C11H16N6O.2C10H14N6.CH4/c1-2-18-11-16(7-4-13)9-15(6-3-12)10-17(11)8-5-14;2*1-10-15(6-3-12)8-14(5-2-11)9-16(10)7-4-13;/h11H,2,6-10H2,1H3;2*10H,5-9H2,1H3;1H4. The van der Waals surface area contributed by atoms with Crippen molar-refractivity contribution in [2.45, 2.75) is 46.9 Å². The molecular weight excluding hydrogens is 652 g/mol. The molecule has 0 bridgehead atoms. The molecule has 0 aliphatic carbocycles. The molecule has 0 atom stereocenters. The Morgan fingerprint density at radius 2 is 0.627 bits per heavy atom. The van der Waals surface area contributed by atoms with Crippen molar-refractivity contribution in [3.8, 4) is 54.6 Å². The van der Waals surface area contributed by atoms with E-state index >= 15 is 0 Å². The molecule has 0 aromatic heterocycles. The Labute approximate surface area is 303 Å². The van der Waals surface area contributed by atoms with E-state index in [4.69, 9.17) is 52.1 Å². The van der Waals surface area contributed by atoms with Gasteiger partial charge < -0.3 is 4.74 Å². The fraction of sp³-hybridized carbons (Fsp3) is 0.719. The van der Waals surface area contributed by atoms with E-state index in [1.165, 1.54) is 0 Å². The van der Waals surface area contributed by atoms with Crippen LogP contribution in [-0.2, 0) is 4.74 Å². The van der Waals surface area contributed by atoms with E-state index in [2.05, 4.69) is 54.6 Å². The minimum absolute atomic E-state index is 0. The molecule has 0 amide bonds. The third-order valence-electron chi connectivity index (χ3n) is 7.87. The van der Waals surface area contributed by atoms with Crippen LogP contribution in [0.1, 0.15) is 28.2 Å². The first-order valence-electron chi connectivity index (χ1n) is 15.8. The van der Waals surface area contributed by atoms with Crippen molar-refractivity contribution in [3.63, 3.8) is 0 Å². The molecule has 3 rings (SSSR count). The largest absolute Gasteiger partial charge is 0.350 e. The van der Waals surface area contributed by atoms with Gasteiger partial charge in [0.25, 0.3) is 0 Å². The number of nitrogens with zero attached hydrogens (tertiary/aromatic N) is 18. The van der Waals surface area contributed by atoms with Crippen LogP contribution in [0, 0.1) is 102 Å². The van der Waals surface area contributed by atoms with Crippen molar-refractivity contribution < 1.29 is 4.74 Å². The second-order valence-corrected chi connectivity index (χ2v) is 11.3. The van der Waals surface area contributed by atoms with Gasteiger partial charge in [-0.15, -0.1) is 0 Å². The zero-order valence-electron chi connectivity index (χ0n) is 29.0. The molecule has 0 spiro atoms. The van der Waals surface area contributed by atoms with E-state index in [1.54, 1.807) is 0 Å². The Morgan fingerprint density at radius 3 is 0.843 bits per heavy atom. The van der Waals surface area contributed by atoms with Gasteiger partial charge in [-0.2, -0.15) is 47.4 Å². The lowest BCUT2D eigenvalue weighted by molar-refractivity contribution is -0.199. The first kappa shape index (κ1) is 46.0. The highest BCUT2D eigenvalue weighted by molar-refractivity contribution is 4.91. The highest BCUT2D eigenvalue weighted by Gasteiger charge is 2.33. The van der Waals surface area contributed by atoms with E-state index in [0.29, 0.717) is 85.9 Å². The first-order chi connectivity index (χ1) is 24.2. The minimum Gasteiger partial charge on any atom is -0.350 e. The maximum Gasteiger partial charge on any atom is 0.172 e. The lowest BCUT2D eigenvalue weighted by Crippen LogP contribution is -2.62. The van der Waals surface area contributed by atoms with Crippen molar-refractivity contribution in [1.29, 1.82) is 47.4 Å². The molecule has 19 heteroatoms. The summed E-state index contributed by atoms with van der Waals surface area (Å²) in [4.78, 5) is 17.1. The maximum absolute atomic E-state index is 8.82. The van der Waals surface area contributed by atoms with Gasteiger partial charge in [0.1, 0.15) is 0 Å². The molecule has 0 aromatic rings. The summed E-state index contributed by atoms with van der Waals surface area (Å²) in [5, 5.41) is 78.5. The fourth-order valence-corrected chi connectivity index (χ4v) is 5.47. The van der Waals surface area contributed by atoms with Crippen molar-refractivity contribution >= 4 is 0 Å². The Morgan fingerprint density at radius 1 is 0.412 bits per heavy atom. The van der Waals surface area contributed by atoms with Crippen LogP contribution in [0.15, 0.2) is 0 Å². The molecule has 0 saturated carbocycles. The summed E-state index contributed by atoms with van der Waals surface area (Å²) in [6.07, 6.45) is -0.243. The van der Waals surface area contributed by atoms with Gasteiger partial charge in [0, 0.05) is 6.61 Å². The highest BCUT2D eigenvalue weighted by atomic mass is 16.5. The molecule has 0 N–H and O–H groups in total. The Hall–Kier alpha value is -4.99. The number of hydrogen-bond donors (Lipinski definition) is 0. The van der Waals surface area contributed by atoms with Gasteiger partial charge in [-0.1, -0.05) is 7.43 Å². The van der Waals surface area contributed by atoms with Gasteiger partial charge >= 0.3 is 0 Å². The van der Waals surface area contributed by atoms with Gasteiger partial charge in [0.2, 0.25) is 0 Å². The Bertz CT molecular complexity index is 1260. The van der Waals surface area contributed by atoms with Crippen LogP contribution in [0.3, 0.4) is 0 Å². The minimum atomic E-state index is -0.371. The lowest BCUT2D eigenvalue weighted by atomic mass is 10.3. The molecule has 3 aliphatic rings. The van der Waals surface area contributed by atoms with Crippen LogP contribution in [0.2, 0.25) is 0 Å². The van der Waals surface area contributed by atoms with Gasteiger partial charge in [-0.3, -0.25) is 34.3 Å². The summed E-state index contributed by atoms with van der Waals surface area (Å²) in [5.74, 6) is 0. The van der Waals surface area contributed by atoms with Crippen LogP contribution < -0.4 is 0 Å². The summed E-state index contributed by atoms with van der Waals surface area (Å²) < 4.78 is 5.58. The van der Waals surface area contributed by atoms with Crippen LogP contribution in [0.5, 0.6) is 0 Å². The van der Waals surface area contributed by atoms with E-state index in [0.717, 1.165) is 0 Å². The van der Waals surface area contributed by atoms with Crippen molar-refractivity contribution in [1.82, 2.24) is 44.1 Å². The molecule has 0 radical (unpaired) electrons. The number of nitriles is 9. The van der Waals surface area contributed by atoms with Crippen molar-refractivity contribution in [2.75, 3.05) is 106 Å². The third kappa shape index (κ3) is 15.6. The van der Waals surface area contributed by atoms with Gasteiger partial charge in [0.15, 0.2) is 6.35 Å². The Balaban J connectivity index is 0.000000730. The Kier molecular flexibility index (Phi) is 24.2. The summed E-state index contributed by atoms with van der Waals surface area (Å²) in [7, 11) is 0. The second-order valence-electron chi connectivity index (χ2n) is 11.3.